The van der Waals surface area contributed by atoms with Gasteiger partial charge in [0, 0.05) is 21.7 Å². The lowest BCUT2D eigenvalue weighted by atomic mass is 9.84. The van der Waals surface area contributed by atoms with Gasteiger partial charge in [0.15, 0.2) is 0 Å². The monoisotopic (exact) mass is 638 g/mol. The Hall–Kier alpha value is -6.38. The zero-order valence-electron chi connectivity index (χ0n) is 27.2. The van der Waals surface area contributed by atoms with Gasteiger partial charge in [-0.05, 0) is 109 Å². The van der Waals surface area contributed by atoms with Crippen molar-refractivity contribution < 1.29 is 8.83 Å². The summed E-state index contributed by atoms with van der Waals surface area (Å²) in [7, 11) is 0. The van der Waals surface area contributed by atoms with Crippen LogP contribution in [0.25, 0.3) is 105 Å². The Morgan fingerprint density at radius 1 is 0.420 bits per heavy atom. The summed E-state index contributed by atoms with van der Waals surface area (Å²) >= 11 is 0. The van der Waals surface area contributed by atoms with E-state index < -0.39 is 0 Å². The number of aryl methyl sites for hydroxylation is 1. The Bertz CT molecular complexity index is 2970. The highest BCUT2D eigenvalue weighted by Gasteiger charge is 2.23. The molecule has 1 aliphatic carbocycles. The van der Waals surface area contributed by atoms with Crippen molar-refractivity contribution in [1.29, 1.82) is 0 Å². The maximum Gasteiger partial charge on any atom is 0.136 e. The van der Waals surface area contributed by atoms with Crippen LogP contribution in [0.15, 0.2) is 161 Å². The summed E-state index contributed by atoms with van der Waals surface area (Å²) in [5.74, 6) is 0.997. The van der Waals surface area contributed by atoms with E-state index in [1.807, 2.05) is 0 Å². The second-order valence-corrected chi connectivity index (χ2v) is 13.5. The summed E-state index contributed by atoms with van der Waals surface area (Å²) in [5, 5.41) is 11.0. The molecule has 0 spiro atoms. The molecule has 10 aromatic rings. The normalized spacial score (nSPS) is 13.0. The van der Waals surface area contributed by atoms with Crippen molar-refractivity contribution >= 4 is 71.3 Å². The molecular weight excluding hydrogens is 609 g/mol. The maximum absolute atomic E-state index is 6.40. The van der Waals surface area contributed by atoms with Gasteiger partial charge in [-0.25, -0.2) is 0 Å². The van der Waals surface area contributed by atoms with Crippen molar-refractivity contribution in [2.75, 3.05) is 0 Å². The summed E-state index contributed by atoms with van der Waals surface area (Å²) < 4.78 is 12.8. The van der Waals surface area contributed by atoms with Crippen LogP contribution in [0.1, 0.15) is 17.7 Å². The van der Waals surface area contributed by atoms with Crippen LogP contribution in [0, 0.1) is 0 Å². The molecule has 11 rings (SSSR count). The lowest BCUT2D eigenvalue weighted by molar-refractivity contribution is 0.595. The third kappa shape index (κ3) is 3.96. The van der Waals surface area contributed by atoms with E-state index in [0.29, 0.717) is 0 Å². The standard InChI is InChI=1S/C48H30O2/c1-2-12-32-28-44-40(27-31(32)11-1)47-33(18-9-21-42(47)50-44)29-23-25-30(26-24-29)45-34-13-3-5-15-36(34)46(37-16-6-4-14-35(37)45)39-19-10-22-43-48(39)38-17-7-8-20-41(38)49-43/h1-6,8-16,18-28H,7,17H2. The molecule has 1 aliphatic rings. The van der Waals surface area contributed by atoms with Crippen LogP contribution < -0.4 is 0 Å². The number of fused-ring (bicyclic) bond motifs is 9. The van der Waals surface area contributed by atoms with Crippen LogP contribution in [0.2, 0.25) is 0 Å². The van der Waals surface area contributed by atoms with E-state index in [2.05, 4.69) is 158 Å². The zero-order chi connectivity index (χ0) is 32.8. The summed E-state index contributed by atoms with van der Waals surface area (Å²) in [6.07, 6.45) is 6.39. The smallest absolute Gasteiger partial charge is 0.136 e. The molecule has 0 bridgehead atoms. The van der Waals surface area contributed by atoms with Crippen molar-refractivity contribution in [3.63, 3.8) is 0 Å². The molecule has 2 heterocycles. The van der Waals surface area contributed by atoms with Crippen molar-refractivity contribution in [3.05, 3.63) is 163 Å². The van der Waals surface area contributed by atoms with Crippen LogP contribution in [0.4, 0.5) is 0 Å². The minimum atomic E-state index is 0.911. The number of allylic oxidation sites excluding steroid dienone is 1. The van der Waals surface area contributed by atoms with Crippen LogP contribution >= 0.6 is 0 Å². The zero-order valence-corrected chi connectivity index (χ0v) is 27.2. The van der Waals surface area contributed by atoms with Gasteiger partial charge in [-0.2, -0.15) is 0 Å². The maximum atomic E-state index is 6.40. The van der Waals surface area contributed by atoms with Crippen LogP contribution in [-0.2, 0) is 6.42 Å². The molecule has 0 atom stereocenters. The predicted octanol–water partition coefficient (Wildman–Crippen LogP) is 13.8. The molecule has 0 amide bonds. The molecule has 2 heteroatoms. The van der Waals surface area contributed by atoms with E-state index in [1.54, 1.807) is 0 Å². The Kier molecular flexibility index (Phi) is 5.82. The van der Waals surface area contributed by atoms with E-state index in [1.165, 1.54) is 76.6 Å². The minimum Gasteiger partial charge on any atom is -0.456 e. The van der Waals surface area contributed by atoms with Gasteiger partial charge in [-0.3, -0.25) is 0 Å². The van der Waals surface area contributed by atoms with Gasteiger partial charge < -0.3 is 8.83 Å². The average Bonchev–Trinajstić information content (AvgIpc) is 3.74. The number of benzene rings is 8. The van der Waals surface area contributed by atoms with Crippen molar-refractivity contribution in [1.82, 2.24) is 0 Å². The molecule has 234 valence electrons. The van der Waals surface area contributed by atoms with Crippen LogP contribution in [0.5, 0.6) is 0 Å². The highest BCUT2D eigenvalue weighted by atomic mass is 16.3. The van der Waals surface area contributed by atoms with Gasteiger partial charge in [-0.1, -0.05) is 127 Å². The van der Waals surface area contributed by atoms with Gasteiger partial charge in [0.1, 0.15) is 22.5 Å². The lowest BCUT2D eigenvalue weighted by Gasteiger charge is -2.19. The first kappa shape index (κ1) is 27.6. The third-order valence-electron chi connectivity index (χ3n) is 10.7. The Balaban J connectivity index is 1.12. The number of rotatable bonds is 3. The van der Waals surface area contributed by atoms with E-state index >= 15 is 0 Å². The summed E-state index contributed by atoms with van der Waals surface area (Å²) in [5.41, 5.74) is 11.4. The molecule has 2 aromatic heterocycles. The van der Waals surface area contributed by atoms with E-state index in [0.717, 1.165) is 46.1 Å². The van der Waals surface area contributed by atoms with Crippen molar-refractivity contribution in [3.8, 4) is 33.4 Å². The predicted molar refractivity (Wildman–Crippen MR) is 210 cm³/mol. The molecular formula is C48H30O2. The largest absolute Gasteiger partial charge is 0.456 e. The Labute approximate surface area is 288 Å². The first-order valence-electron chi connectivity index (χ1n) is 17.4. The number of hydrogen-bond acceptors (Lipinski definition) is 2. The first-order valence-corrected chi connectivity index (χ1v) is 17.4. The topological polar surface area (TPSA) is 26.3 Å². The van der Waals surface area contributed by atoms with Gasteiger partial charge >= 0.3 is 0 Å². The quantitative estimate of drug-likeness (QED) is 0.180. The fourth-order valence-electron chi connectivity index (χ4n) is 8.54. The third-order valence-corrected chi connectivity index (χ3v) is 10.7. The number of furan rings is 2. The van der Waals surface area contributed by atoms with Crippen molar-refractivity contribution in [2.24, 2.45) is 0 Å². The summed E-state index contributed by atoms with van der Waals surface area (Å²) in [4.78, 5) is 0. The van der Waals surface area contributed by atoms with E-state index in [-0.39, 0.29) is 0 Å². The molecule has 0 radical (unpaired) electrons. The summed E-state index contributed by atoms with van der Waals surface area (Å²) in [6.45, 7) is 0. The molecule has 0 saturated carbocycles. The second kappa shape index (κ2) is 10.6. The molecule has 0 unspecified atom stereocenters. The van der Waals surface area contributed by atoms with Gasteiger partial charge in [0.05, 0.1) is 0 Å². The lowest BCUT2D eigenvalue weighted by Crippen LogP contribution is -1.94. The molecule has 0 saturated heterocycles. The Morgan fingerprint density at radius 2 is 1.02 bits per heavy atom. The van der Waals surface area contributed by atoms with Gasteiger partial charge in [-0.15, -0.1) is 0 Å². The summed E-state index contributed by atoms with van der Waals surface area (Å²) in [6, 6.07) is 52.8. The molecule has 0 aliphatic heterocycles. The van der Waals surface area contributed by atoms with Crippen molar-refractivity contribution in [2.45, 2.75) is 12.8 Å². The molecule has 0 N–H and O–H groups in total. The molecule has 2 nitrogen and oxygen atoms in total. The average molecular weight is 639 g/mol. The van der Waals surface area contributed by atoms with Crippen LogP contribution in [0.3, 0.4) is 0 Å². The highest BCUT2D eigenvalue weighted by molar-refractivity contribution is 6.24. The molecule has 8 aromatic carbocycles. The molecule has 0 fully saturated rings. The SMILES string of the molecule is C1=Cc2oc3cccc(-c4c5ccccc5c(-c5ccc(-c6cccc7oc8cc9ccccc9cc8c67)cc5)c5ccccc45)c3c2CC1. The minimum absolute atomic E-state index is 0.911. The second-order valence-electron chi connectivity index (χ2n) is 13.5. The molecule has 50 heavy (non-hydrogen) atoms. The first-order chi connectivity index (χ1) is 24.8. The number of hydrogen-bond donors (Lipinski definition) is 0. The fourth-order valence-corrected chi connectivity index (χ4v) is 8.54. The highest BCUT2D eigenvalue weighted by Crippen LogP contribution is 2.47. The van der Waals surface area contributed by atoms with Gasteiger partial charge in [0.2, 0.25) is 0 Å². The van der Waals surface area contributed by atoms with E-state index in [4.69, 9.17) is 8.83 Å². The fraction of sp³-hybridized carbons (Fsp3) is 0.0417. The van der Waals surface area contributed by atoms with Crippen LogP contribution in [-0.4, -0.2) is 0 Å². The van der Waals surface area contributed by atoms with E-state index in [9.17, 15) is 0 Å². The Morgan fingerprint density at radius 3 is 1.74 bits per heavy atom. The van der Waals surface area contributed by atoms with Gasteiger partial charge in [0.25, 0.3) is 0 Å².